The highest BCUT2D eigenvalue weighted by molar-refractivity contribution is 6.06. The zero-order valence-electron chi connectivity index (χ0n) is 13.8. The maximum absolute atomic E-state index is 12.5. The van der Waals surface area contributed by atoms with Crippen LogP contribution in [0.4, 0.5) is 5.69 Å². The topological polar surface area (TPSA) is 60.5 Å². The summed E-state index contributed by atoms with van der Waals surface area (Å²) in [6, 6.07) is 18.3. The molecule has 0 aliphatic rings. The maximum atomic E-state index is 12.5. The molecule has 0 aliphatic carbocycles. The number of methoxy groups -OCH3 is 1. The Kier molecular flexibility index (Phi) is 5.26. The number of nitrogens with one attached hydrogen (secondary N) is 1. The van der Waals surface area contributed by atoms with Gasteiger partial charge in [-0.15, -0.1) is 0 Å². The highest BCUT2D eigenvalue weighted by Crippen LogP contribution is 2.21. The summed E-state index contributed by atoms with van der Waals surface area (Å²) in [5, 5.41) is 2.81. The molecule has 0 unspecified atom stereocenters. The van der Waals surface area contributed by atoms with Gasteiger partial charge in [-0.25, -0.2) is 0 Å². The van der Waals surface area contributed by atoms with E-state index in [1.807, 2.05) is 30.3 Å². The number of amides is 1. The van der Waals surface area contributed by atoms with Crippen LogP contribution in [0.15, 0.2) is 73.1 Å². The fraction of sp³-hybridized carbons (Fsp3) is 0.100. The summed E-state index contributed by atoms with van der Waals surface area (Å²) >= 11 is 0. The minimum atomic E-state index is -0.238. The minimum Gasteiger partial charge on any atom is -0.497 e. The quantitative estimate of drug-likeness (QED) is 0.742. The Morgan fingerprint density at radius 1 is 1.04 bits per heavy atom. The second kappa shape index (κ2) is 7.97. The van der Waals surface area contributed by atoms with Crippen LogP contribution >= 0.6 is 0 Å². The predicted molar refractivity (Wildman–Crippen MR) is 96.0 cm³/mol. The van der Waals surface area contributed by atoms with Crippen LogP contribution < -0.4 is 14.8 Å². The molecule has 0 aliphatic heterocycles. The fourth-order valence-corrected chi connectivity index (χ4v) is 2.30. The standard InChI is InChI=1S/C20H18N2O3/c1-24-17-10-8-15(9-11-17)14-25-19-7-3-2-6-18(19)20(23)22-16-5-4-12-21-13-16/h2-13H,14H2,1H3,(H,22,23). The van der Waals surface area contributed by atoms with Crippen LogP contribution in [0.5, 0.6) is 11.5 Å². The molecule has 0 atom stereocenters. The molecule has 0 saturated carbocycles. The number of pyridine rings is 1. The summed E-state index contributed by atoms with van der Waals surface area (Å²) in [6.45, 7) is 0.362. The van der Waals surface area contributed by atoms with Gasteiger partial charge in [0.1, 0.15) is 18.1 Å². The van der Waals surface area contributed by atoms with E-state index in [4.69, 9.17) is 9.47 Å². The minimum absolute atomic E-state index is 0.238. The molecule has 0 bridgehead atoms. The van der Waals surface area contributed by atoms with Crippen molar-refractivity contribution in [2.45, 2.75) is 6.61 Å². The Morgan fingerprint density at radius 3 is 2.56 bits per heavy atom. The predicted octanol–water partition coefficient (Wildman–Crippen LogP) is 3.92. The Balaban J connectivity index is 1.70. The molecule has 3 aromatic rings. The van der Waals surface area contributed by atoms with E-state index in [9.17, 15) is 4.79 Å². The molecule has 0 fully saturated rings. The van der Waals surface area contributed by atoms with Gasteiger partial charge in [0.2, 0.25) is 0 Å². The van der Waals surface area contributed by atoms with E-state index in [-0.39, 0.29) is 5.91 Å². The number of benzene rings is 2. The van der Waals surface area contributed by atoms with Crippen molar-refractivity contribution in [3.8, 4) is 11.5 Å². The molecule has 0 saturated heterocycles. The number of hydrogen-bond acceptors (Lipinski definition) is 4. The SMILES string of the molecule is COc1ccc(COc2ccccc2C(=O)Nc2cccnc2)cc1. The normalized spacial score (nSPS) is 10.1. The first-order valence-corrected chi connectivity index (χ1v) is 7.82. The van der Waals surface area contributed by atoms with Crippen LogP contribution in [-0.2, 0) is 6.61 Å². The lowest BCUT2D eigenvalue weighted by molar-refractivity contribution is 0.102. The third kappa shape index (κ3) is 4.35. The lowest BCUT2D eigenvalue weighted by Crippen LogP contribution is -2.13. The zero-order valence-corrected chi connectivity index (χ0v) is 13.8. The summed E-state index contributed by atoms with van der Waals surface area (Å²) in [5.41, 5.74) is 2.10. The first-order chi connectivity index (χ1) is 12.3. The van der Waals surface area contributed by atoms with Crippen LogP contribution in [0.2, 0.25) is 0 Å². The number of hydrogen-bond donors (Lipinski definition) is 1. The van der Waals surface area contributed by atoms with Crippen LogP contribution in [0, 0.1) is 0 Å². The van der Waals surface area contributed by atoms with E-state index in [0.29, 0.717) is 23.6 Å². The molecular weight excluding hydrogens is 316 g/mol. The Bertz CT molecular complexity index is 833. The van der Waals surface area contributed by atoms with Crippen molar-refractivity contribution in [1.29, 1.82) is 0 Å². The average molecular weight is 334 g/mol. The number of carbonyl (C=O) groups is 1. The highest BCUT2D eigenvalue weighted by atomic mass is 16.5. The zero-order chi connectivity index (χ0) is 17.5. The Morgan fingerprint density at radius 2 is 1.84 bits per heavy atom. The van der Waals surface area contributed by atoms with Crippen molar-refractivity contribution in [1.82, 2.24) is 4.98 Å². The summed E-state index contributed by atoms with van der Waals surface area (Å²) in [5.74, 6) is 1.08. The number of para-hydroxylation sites is 1. The van der Waals surface area contributed by atoms with Gasteiger partial charge in [-0.2, -0.15) is 0 Å². The van der Waals surface area contributed by atoms with Crippen molar-refractivity contribution >= 4 is 11.6 Å². The molecule has 25 heavy (non-hydrogen) atoms. The van der Waals surface area contributed by atoms with Gasteiger partial charge in [0.15, 0.2) is 0 Å². The molecule has 1 amide bonds. The third-order valence-corrected chi connectivity index (χ3v) is 3.60. The molecule has 0 spiro atoms. The summed E-state index contributed by atoms with van der Waals surface area (Å²) < 4.78 is 11.0. The van der Waals surface area contributed by atoms with Crippen LogP contribution in [0.3, 0.4) is 0 Å². The Hall–Kier alpha value is -3.34. The lowest BCUT2D eigenvalue weighted by atomic mass is 10.1. The van der Waals surface area contributed by atoms with Crippen molar-refractivity contribution < 1.29 is 14.3 Å². The third-order valence-electron chi connectivity index (χ3n) is 3.60. The van der Waals surface area contributed by atoms with E-state index in [2.05, 4.69) is 10.3 Å². The van der Waals surface area contributed by atoms with Crippen molar-refractivity contribution in [3.05, 3.63) is 84.2 Å². The molecule has 126 valence electrons. The van der Waals surface area contributed by atoms with Gasteiger partial charge in [0.25, 0.3) is 5.91 Å². The van der Waals surface area contributed by atoms with Gasteiger partial charge in [-0.1, -0.05) is 24.3 Å². The first-order valence-electron chi connectivity index (χ1n) is 7.82. The summed E-state index contributed by atoms with van der Waals surface area (Å²) in [7, 11) is 1.63. The number of ether oxygens (including phenoxy) is 2. The van der Waals surface area contributed by atoms with Crippen molar-refractivity contribution in [2.24, 2.45) is 0 Å². The van der Waals surface area contributed by atoms with Crippen LogP contribution in [0.1, 0.15) is 15.9 Å². The largest absolute Gasteiger partial charge is 0.497 e. The van der Waals surface area contributed by atoms with Crippen molar-refractivity contribution in [2.75, 3.05) is 12.4 Å². The molecule has 0 radical (unpaired) electrons. The maximum Gasteiger partial charge on any atom is 0.259 e. The lowest BCUT2D eigenvalue weighted by Gasteiger charge is -2.12. The van der Waals surface area contributed by atoms with E-state index < -0.39 is 0 Å². The number of rotatable bonds is 6. The second-order valence-corrected chi connectivity index (χ2v) is 5.33. The van der Waals surface area contributed by atoms with Gasteiger partial charge >= 0.3 is 0 Å². The number of carbonyl (C=O) groups excluding carboxylic acids is 1. The van der Waals surface area contributed by atoms with Gasteiger partial charge in [-0.3, -0.25) is 9.78 Å². The fourth-order valence-electron chi connectivity index (χ4n) is 2.30. The van der Waals surface area contributed by atoms with Gasteiger partial charge in [-0.05, 0) is 42.0 Å². The number of anilines is 1. The van der Waals surface area contributed by atoms with Crippen LogP contribution in [-0.4, -0.2) is 18.0 Å². The van der Waals surface area contributed by atoms with Gasteiger partial charge < -0.3 is 14.8 Å². The highest BCUT2D eigenvalue weighted by Gasteiger charge is 2.12. The molecule has 2 aromatic carbocycles. The molecule has 3 rings (SSSR count). The van der Waals surface area contributed by atoms with E-state index in [0.717, 1.165) is 11.3 Å². The molecule has 1 heterocycles. The molecular formula is C20H18N2O3. The van der Waals surface area contributed by atoms with Crippen molar-refractivity contribution in [3.63, 3.8) is 0 Å². The molecule has 1 aromatic heterocycles. The van der Waals surface area contributed by atoms with E-state index in [1.165, 1.54) is 0 Å². The van der Waals surface area contributed by atoms with E-state index in [1.54, 1.807) is 49.8 Å². The molecule has 5 heteroatoms. The summed E-state index contributed by atoms with van der Waals surface area (Å²) in [6.07, 6.45) is 3.25. The second-order valence-electron chi connectivity index (χ2n) is 5.33. The van der Waals surface area contributed by atoms with E-state index >= 15 is 0 Å². The first kappa shape index (κ1) is 16.5. The summed E-state index contributed by atoms with van der Waals surface area (Å²) in [4.78, 5) is 16.5. The molecule has 5 nitrogen and oxygen atoms in total. The number of aromatic nitrogens is 1. The monoisotopic (exact) mass is 334 g/mol. The number of nitrogens with zero attached hydrogens (tertiary/aromatic N) is 1. The average Bonchev–Trinajstić information content (AvgIpc) is 2.68. The van der Waals surface area contributed by atoms with Gasteiger partial charge in [0.05, 0.1) is 24.6 Å². The van der Waals surface area contributed by atoms with Crippen LogP contribution in [0.25, 0.3) is 0 Å². The smallest absolute Gasteiger partial charge is 0.259 e. The Labute approximate surface area is 146 Å². The van der Waals surface area contributed by atoms with Gasteiger partial charge in [0, 0.05) is 6.20 Å². The molecule has 1 N–H and O–H groups in total.